The molecule has 0 radical (unpaired) electrons. The minimum absolute atomic E-state index is 0.0555. The third-order valence-electron chi connectivity index (χ3n) is 5.21. The van der Waals surface area contributed by atoms with Gasteiger partial charge in [-0.05, 0) is 38.1 Å². The Labute approximate surface area is 147 Å². The summed E-state index contributed by atoms with van der Waals surface area (Å²) in [6, 6.07) is 10.1. The Morgan fingerprint density at radius 3 is 2.88 bits per heavy atom. The van der Waals surface area contributed by atoms with Crippen molar-refractivity contribution in [2.45, 2.75) is 31.2 Å². The maximum Gasteiger partial charge on any atom is 0.234 e. The van der Waals surface area contributed by atoms with Crippen molar-refractivity contribution in [2.75, 3.05) is 26.2 Å². The van der Waals surface area contributed by atoms with Gasteiger partial charge in [-0.1, -0.05) is 18.2 Å². The second-order valence-corrected chi connectivity index (χ2v) is 6.86. The molecule has 1 atom stereocenters. The zero-order chi connectivity index (χ0) is 17.1. The molecule has 4 rings (SSSR count). The van der Waals surface area contributed by atoms with Crippen LogP contribution in [0.4, 0.5) is 0 Å². The Bertz CT molecular complexity index is 708. The molecule has 0 bridgehead atoms. The van der Waals surface area contributed by atoms with Gasteiger partial charge in [0, 0.05) is 29.8 Å². The summed E-state index contributed by atoms with van der Waals surface area (Å²) in [7, 11) is 0. The van der Waals surface area contributed by atoms with Gasteiger partial charge in [0.15, 0.2) is 0 Å². The first kappa shape index (κ1) is 16.1. The first-order valence-corrected chi connectivity index (χ1v) is 9.02. The van der Waals surface area contributed by atoms with Crippen molar-refractivity contribution < 1.29 is 9.53 Å². The van der Waals surface area contributed by atoms with Crippen LogP contribution in [-0.4, -0.2) is 47.2 Å². The SMILES string of the molecule is O=C(CN1CCC(c2ccn[nH]2)CC1)NC1CCOc2ccccc21. The molecule has 1 amide bonds. The van der Waals surface area contributed by atoms with Crippen LogP contribution in [0.1, 0.15) is 42.5 Å². The normalized spacial score (nSPS) is 21.4. The number of carbonyl (C=O) groups excluding carboxylic acids is 1. The van der Waals surface area contributed by atoms with Crippen molar-refractivity contribution in [1.82, 2.24) is 20.4 Å². The molecule has 1 saturated heterocycles. The monoisotopic (exact) mass is 340 g/mol. The van der Waals surface area contributed by atoms with Crippen LogP contribution in [0.3, 0.4) is 0 Å². The van der Waals surface area contributed by atoms with Crippen molar-refractivity contribution in [1.29, 1.82) is 0 Å². The number of hydrogen-bond donors (Lipinski definition) is 2. The number of aromatic amines is 1. The second-order valence-electron chi connectivity index (χ2n) is 6.86. The van der Waals surface area contributed by atoms with Gasteiger partial charge in [-0.15, -0.1) is 0 Å². The van der Waals surface area contributed by atoms with E-state index in [2.05, 4.69) is 26.5 Å². The summed E-state index contributed by atoms with van der Waals surface area (Å²) in [5.41, 5.74) is 2.29. The summed E-state index contributed by atoms with van der Waals surface area (Å²) in [6.07, 6.45) is 4.76. The molecular weight excluding hydrogens is 316 g/mol. The highest BCUT2D eigenvalue weighted by molar-refractivity contribution is 5.78. The number of aromatic nitrogens is 2. The van der Waals surface area contributed by atoms with E-state index in [1.807, 2.05) is 24.3 Å². The lowest BCUT2D eigenvalue weighted by Gasteiger charge is -2.32. The van der Waals surface area contributed by atoms with Crippen LogP contribution < -0.4 is 10.1 Å². The van der Waals surface area contributed by atoms with E-state index >= 15 is 0 Å². The molecule has 2 aliphatic heterocycles. The molecule has 1 fully saturated rings. The predicted octanol–water partition coefficient (Wildman–Crippen LogP) is 2.23. The fourth-order valence-corrected chi connectivity index (χ4v) is 3.83. The molecular formula is C19H24N4O2. The Morgan fingerprint density at radius 2 is 2.08 bits per heavy atom. The number of para-hydroxylation sites is 1. The lowest BCUT2D eigenvalue weighted by molar-refractivity contribution is -0.123. The van der Waals surface area contributed by atoms with Gasteiger partial charge in [0.05, 0.1) is 19.2 Å². The van der Waals surface area contributed by atoms with Crippen LogP contribution in [0.2, 0.25) is 0 Å². The van der Waals surface area contributed by atoms with Crippen LogP contribution in [-0.2, 0) is 4.79 Å². The molecule has 6 heteroatoms. The highest BCUT2D eigenvalue weighted by Crippen LogP contribution is 2.31. The standard InChI is InChI=1S/C19H24N4O2/c24-19(21-17-8-12-25-18-4-2-1-3-15(17)18)13-23-10-6-14(7-11-23)16-5-9-20-22-16/h1-5,9,14,17H,6-8,10-13H2,(H,20,22)(H,21,24). The van der Waals surface area contributed by atoms with Crippen LogP contribution in [0.15, 0.2) is 36.5 Å². The number of nitrogens with zero attached hydrogens (tertiary/aromatic N) is 2. The average Bonchev–Trinajstić information content (AvgIpc) is 3.17. The maximum atomic E-state index is 12.5. The third kappa shape index (κ3) is 3.69. The van der Waals surface area contributed by atoms with Crippen LogP contribution in [0.5, 0.6) is 5.75 Å². The topological polar surface area (TPSA) is 70.2 Å². The average molecular weight is 340 g/mol. The quantitative estimate of drug-likeness (QED) is 0.895. The van der Waals surface area contributed by atoms with Crippen molar-refractivity contribution in [2.24, 2.45) is 0 Å². The molecule has 25 heavy (non-hydrogen) atoms. The van der Waals surface area contributed by atoms with Crippen molar-refractivity contribution in [3.63, 3.8) is 0 Å². The number of H-pyrrole nitrogens is 1. The summed E-state index contributed by atoms with van der Waals surface area (Å²) < 4.78 is 5.66. The Balaban J connectivity index is 1.29. The summed E-state index contributed by atoms with van der Waals surface area (Å²) >= 11 is 0. The lowest BCUT2D eigenvalue weighted by atomic mass is 9.94. The van der Waals surface area contributed by atoms with Crippen LogP contribution >= 0.6 is 0 Å². The predicted molar refractivity (Wildman–Crippen MR) is 94.4 cm³/mol. The van der Waals surface area contributed by atoms with Crippen LogP contribution in [0.25, 0.3) is 0 Å². The van der Waals surface area contributed by atoms with Crippen molar-refractivity contribution in [3.8, 4) is 5.75 Å². The van der Waals surface area contributed by atoms with Gasteiger partial charge in [0.2, 0.25) is 5.91 Å². The number of piperidine rings is 1. The Kier molecular flexibility index (Phi) is 4.70. The van der Waals surface area contributed by atoms with E-state index in [9.17, 15) is 4.79 Å². The van der Waals surface area contributed by atoms with E-state index < -0.39 is 0 Å². The summed E-state index contributed by atoms with van der Waals surface area (Å²) in [6.45, 7) is 3.01. The van der Waals surface area contributed by atoms with E-state index in [0.29, 0.717) is 19.1 Å². The maximum absolute atomic E-state index is 12.5. The van der Waals surface area contributed by atoms with E-state index in [4.69, 9.17) is 4.74 Å². The Hall–Kier alpha value is -2.34. The molecule has 132 valence electrons. The van der Waals surface area contributed by atoms with E-state index in [0.717, 1.165) is 43.7 Å². The fourth-order valence-electron chi connectivity index (χ4n) is 3.83. The summed E-state index contributed by atoms with van der Waals surface area (Å²) in [4.78, 5) is 14.7. The molecule has 0 aliphatic carbocycles. The Morgan fingerprint density at radius 1 is 1.24 bits per heavy atom. The zero-order valence-electron chi connectivity index (χ0n) is 14.3. The van der Waals surface area contributed by atoms with Gasteiger partial charge in [-0.3, -0.25) is 14.8 Å². The largest absolute Gasteiger partial charge is 0.493 e. The minimum Gasteiger partial charge on any atom is -0.493 e. The molecule has 1 aromatic carbocycles. The first-order valence-electron chi connectivity index (χ1n) is 9.02. The second kappa shape index (κ2) is 7.27. The molecule has 3 heterocycles. The number of hydrogen-bond acceptors (Lipinski definition) is 4. The third-order valence-corrected chi connectivity index (χ3v) is 5.21. The lowest BCUT2D eigenvalue weighted by Crippen LogP contribution is -2.43. The van der Waals surface area contributed by atoms with Crippen LogP contribution in [0, 0.1) is 0 Å². The van der Waals surface area contributed by atoms with E-state index in [1.165, 1.54) is 5.69 Å². The van der Waals surface area contributed by atoms with Gasteiger partial charge in [0.1, 0.15) is 5.75 Å². The molecule has 2 N–H and O–H groups in total. The number of nitrogens with one attached hydrogen (secondary N) is 2. The smallest absolute Gasteiger partial charge is 0.234 e. The minimum atomic E-state index is 0.0555. The van der Waals surface area contributed by atoms with E-state index in [1.54, 1.807) is 6.20 Å². The van der Waals surface area contributed by atoms with Gasteiger partial charge < -0.3 is 10.1 Å². The molecule has 0 spiro atoms. The zero-order valence-corrected chi connectivity index (χ0v) is 14.3. The van der Waals surface area contributed by atoms with Gasteiger partial charge >= 0.3 is 0 Å². The molecule has 2 aliphatic rings. The summed E-state index contributed by atoms with van der Waals surface area (Å²) in [5, 5.41) is 10.3. The number of ether oxygens (including phenoxy) is 1. The fraction of sp³-hybridized carbons (Fsp3) is 0.474. The molecule has 0 saturated carbocycles. The highest BCUT2D eigenvalue weighted by Gasteiger charge is 2.25. The number of carbonyl (C=O) groups is 1. The van der Waals surface area contributed by atoms with Gasteiger partial charge in [-0.2, -0.15) is 5.10 Å². The molecule has 2 aromatic rings. The number of fused-ring (bicyclic) bond motifs is 1. The molecule has 6 nitrogen and oxygen atoms in total. The van der Waals surface area contributed by atoms with Gasteiger partial charge in [0.25, 0.3) is 0 Å². The van der Waals surface area contributed by atoms with Crippen molar-refractivity contribution in [3.05, 3.63) is 47.8 Å². The number of rotatable bonds is 4. The number of benzene rings is 1. The molecule has 1 unspecified atom stereocenters. The van der Waals surface area contributed by atoms with E-state index in [-0.39, 0.29) is 11.9 Å². The first-order chi connectivity index (χ1) is 12.3. The van der Waals surface area contributed by atoms with Gasteiger partial charge in [-0.25, -0.2) is 0 Å². The molecule has 1 aromatic heterocycles. The van der Waals surface area contributed by atoms with Crippen molar-refractivity contribution >= 4 is 5.91 Å². The summed E-state index contributed by atoms with van der Waals surface area (Å²) in [5.74, 6) is 1.52. The number of amides is 1. The number of likely N-dealkylation sites (tertiary alicyclic amines) is 1. The highest BCUT2D eigenvalue weighted by atomic mass is 16.5.